The van der Waals surface area contributed by atoms with Crippen molar-refractivity contribution in [3.63, 3.8) is 0 Å². The first-order valence-electron chi connectivity index (χ1n) is 8.88. The minimum atomic E-state index is -1.36. The second kappa shape index (κ2) is 10.2. The molecule has 0 spiro atoms. The first-order chi connectivity index (χ1) is 12.7. The van der Waals surface area contributed by atoms with E-state index in [4.69, 9.17) is 15.2 Å². The minimum Gasteiger partial charge on any atom is -0.459 e. The molecule has 158 valence electrons. The number of anilines is 1. The van der Waals surface area contributed by atoms with E-state index in [1.54, 1.807) is 68.8 Å². The van der Waals surface area contributed by atoms with Crippen molar-refractivity contribution in [2.45, 2.75) is 65.6 Å². The molecule has 1 aromatic carbocycles. The number of esters is 2. The molecule has 7 heteroatoms. The number of carbonyl (C=O) groups is 3. The van der Waals surface area contributed by atoms with Crippen LogP contribution in [0, 0.1) is 6.92 Å². The molecular weight excluding hydrogens is 362 g/mol. The molecule has 28 heavy (non-hydrogen) atoms. The normalized spacial score (nSPS) is 11.4. The highest BCUT2D eigenvalue weighted by Crippen LogP contribution is 2.30. The molecule has 7 nitrogen and oxygen atoms in total. The predicted molar refractivity (Wildman–Crippen MR) is 108 cm³/mol. The Hall–Kier alpha value is -2.41. The van der Waals surface area contributed by atoms with E-state index in [0.29, 0.717) is 17.4 Å². The van der Waals surface area contributed by atoms with Crippen molar-refractivity contribution in [2.75, 3.05) is 20.0 Å². The maximum absolute atomic E-state index is 12.7. The minimum absolute atomic E-state index is 0.205. The number of aldehydes is 1. The van der Waals surface area contributed by atoms with Crippen LogP contribution in [0.3, 0.4) is 0 Å². The van der Waals surface area contributed by atoms with Crippen molar-refractivity contribution in [2.24, 2.45) is 0 Å². The van der Waals surface area contributed by atoms with Crippen molar-refractivity contribution in [3.05, 3.63) is 28.8 Å². The van der Waals surface area contributed by atoms with Gasteiger partial charge in [-0.05, 0) is 66.2 Å². The van der Waals surface area contributed by atoms with E-state index in [9.17, 15) is 14.4 Å². The number of methoxy groups -OCH3 is 1. The third-order valence-electron chi connectivity index (χ3n) is 3.19. The highest BCUT2D eigenvalue weighted by atomic mass is 16.6. The summed E-state index contributed by atoms with van der Waals surface area (Å²) in [6, 6.07) is 3.00. The van der Waals surface area contributed by atoms with E-state index in [1.807, 2.05) is 0 Å². The van der Waals surface area contributed by atoms with Crippen LogP contribution in [0.4, 0.5) is 5.69 Å². The molecule has 1 aromatic rings. The number of hydrogen-bond donors (Lipinski definition) is 1. The fourth-order valence-corrected chi connectivity index (χ4v) is 2.21. The van der Waals surface area contributed by atoms with Gasteiger partial charge >= 0.3 is 11.9 Å². The Morgan fingerprint density at radius 1 is 0.964 bits per heavy atom. The lowest BCUT2D eigenvalue weighted by atomic mass is 9.93. The summed E-state index contributed by atoms with van der Waals surface area (Å²) in [6.45, 7) is 11.9. The van der Waals surface area contributed by atoms with Gasteiger partial charge in [-0.1, -0.05) is 0 Å². The van der Waals surface area contributed by atoms with Crippen LogP contribution in [0.25, 0.3) is 0 Å². The van der Waals surface area contributed by atoms with Crippen molar-refractivity contribution in [1.82, 2.24) is 0 Å². The molecule has 0 unspecified atom stereocenters. The van der Waals surface area contributed by atoms with Gasteiger partial charge in [0.15, 0.2) is 5.92 Å². The molecule has 1 rings (SSSR count). The van der Waals surface area contributed by atoms with Crippen LogP contribution >= 0.6 is 0 Å². The van der Waals surface area contributed by atoms with E-state index < -0.39 is 29.1 Å². The van der Waals surface area contributed by atoms with Gasteiger partial charge in [-0.15, -0.1) is 0 Å². The highest BCUT2D eigenvalue weighted by Gasteiger charge is 2.37. The number of carbonyl (C=O) groups excluding carboxylic acids is 3. The summed E-state index contributed by atoms with van der Waals surface area (Å²) in [5, 5.41) is 0. The first-order valence-corrected chi connectivity index (χ1v) is 8.88. The Morgan fingerprint density at radius 3 is 1.68 bits per heavy atom. The summed E-state index contributed by atoms with van der Waals surface area (Å²) in [4.78, 5) is 36.6. The fraction of sp³-hybridized carbons (Fsp3) is 0.571. The SMILES string of the molecule is COC.Cc1cc(N)c(C(C(=O)OC(C)(C)C)C(=O)OC(C)(C)C)cc1C=O. The van der Waals surface area contributed by atoms with Crippen LogP contribution in [0.2, 0.25) is 0 Å². The van der Waals surface area contributed by atoms with Gasteiger partial charge in [-0.2, -0.15) is 0 Å². The fourth-order valence-electron chi connectivity index (χ4n) is 2.21. The monoisotopic (exact) mass is 395 g/mol. The van der Waals surface area contributed by atoms with Crippen LogP contribution in [0.5, 0.6) is 0 Å². The largest absolute Gasteiger partial charge is 0.459 e. The Morgan fingerprint density at radius 2 is 1.36 bits per heavy atom. The van der Waals surface area contributed by atoms with Crippen molar-refractivity contribution in [3.8, 4) is 0 Å². The number of nitrogens with two attached hydrogens (primary N) is 1. The molecule has 0 aliphatic rings. The average Bonchev–Trinajstić information content (AvgIpc) is 2.46. The van der Waals surface area contributed by atoms with E-state index in [2.05, 4.69) is 4.74 Å². The molecule has 0 fully saturated rings. The van der Waals surface area contributed by atoms with Gasteiger partial charge in [-0.3, -0.25) is 14.4 Å². The molecule has 0 bridgehead atoms. The molecule has 0 radical (unpaired) electrons. The van der Waals surface area contributed by atoms with E-state index >= 15 is 0 Å². The zero-order valence-electron chi connectivity index (χ0n) is 18.3. The highest BCUT2D eigenvalue weighted by molar-refractivity contribution is 6.02. The molecule has 0 atom stereocenters. The van der Waals surface area contributed by atoms with Crippen LogP contribution < -0.4 is 5.73 Å². The second-order valence-corrected chi connectivity index (χ2v) is 8.36. The lowest BCUT2D eigenvalue weighted by Crippen LogP contribution is -2.36. The number of nitrogen functional groups attached to an aromatic ring is 1. The van der Waals surface area contributed by atoms with E-state index in [0.717, 1.165) is 0 Å². The maximum atomic E-state index is 12.7. The topological polar surface area (TPSA) is 105 Å². The Bertz CT molecular complexity index is 670. The quantitative estimate of drug-likeness (QED) is 0.360. The lowest BCUT2D eigenvalue weighted by Gasteiger charge is -2.27. The second-order valence-electron chi connectivity index (χ2n) is 8.36. The molecule has 0 amide bonds. The van der Waals surface area contributed by atoms with Gasteiger partial charge in [0.2, 0.25) is 0 Å². The summed E-state index contributed by atoms with van der Waals surface area (Å²) in [6.07, 6.45) is 0.652. The number of aryl methyl sites for hydroxylation is 1. The predicted octanol–water partition coefficient (Wildman–Crippen LogP) is 3.42. The Kier molecular flexibility index (Phi) is 9.34. The molecule has 0 heterocycles. The molecule has 0 aliphatic carbocycles. The summed E-state index contributed by atoms with van der Waals surface area (Å²) >= 11 is 0. The van der Waals surface area contributed by atoms with E-state index in [1.165, 1.54) is 6.07 Å². The molecular formula is C21H33NO6. The van der Waals surface area contributed by atoms with Crippen LogP contribution in [-0.4, -0.2) is 43.6 Å². The number of hydrogen-bond acceptors (Lipinski definition) is 7. The molecule has 0 aromatic heterocycles. The van der Waals surface area contributed by atoms with Gasteiger partial charge in [0.05, 0.1) is 0 Å². The Balaban J connectivity index is 0.00000227. The smallest absolute Gasteiger partial charge is 0.325 e. The maximum Gasteiger partial charge on any atom is 0.325 e. The van der Waals surface area contributed by atoms with Gasteiger partial charge in [-0.25, -0.2) is 0 Å². The summed E-state index contributed by atoms with van der Waals surface area (Å²) in [7, 11) is 3.25. The standard InChI is InChI=1S/C19H27NO5.C2H6O/c1-11-8-14(20)13(9-12(11)10-21)15(16(22)24-18(2,3)4)17(23)25-19(5,6)7;1-3-2/h8-10,15H,20H2,1-7H3;1-2H3. The number of benzene rings is 1. The molecule has 0 saturated carbocycles. The van der Waals surface area contributed by atoms with E-state index in [-0.39, 0.29) is 11.3 Å². The van der Waals surface area contributed by atoms with Crippen molar-refractivity contribution >= 4 is 23.9 Å². The van der Waals surface area contributed by atoms with Crippen molar-refractivity contribution in [1.29, 1.82) is 0 Å². The zero-order chi connectivity index (χ0) is 22.3. The summed E-state index contributed by atoms with van der Waals surface area (Å²) in [5.41, 5.74) is 5.88. The van der Waals surface area contributed by atoms with Gasteiger partial charge < -0.3 is 19.9 Å². The number of ether oxygens (including phenoxy) is 3. The molecule has 0 aliphatic heterocycles. The molecule has 0 saturated heterocycles. The summed E-state index contributed by atoms with van der Waals surface area (Å²) in [5.74, 6) is -2.90. The van der Waals surface area contributed by atoms with Crippen LogP contribution in [0.1, 0.15) is 68.9 Å². The van der Waals surface area contributed by atoms with Crippen LogP contribution in [0.15, 0.2) is 12.1 Å². The van der Waals surface area contributed by atoms with Gasteiger partial charge in [0.1, 0.15) is 17.5 Å². The van der Waals surface area contributed by atoms with Gasteiger partial charge in [0, 0.05) is 31.0 Å². The van der Waals surface area contributed by atoms with Crippen molar-refractivity contribution < 1.29 is 28.6 Å². The van der Waals surface area contributed by atoms with Crippen LogP contribution in [-0.2, 0) is 23.8 Å². The third-order valence-corrected chi connectivity index (χ3v) is 3.19. The first kappa shape index (κ1) is 25.6. The zero-order valence-corrected chi connectivity index (χ0v) is 18.3. The summed E-state index contributed by atoms with van der Waals surface area (Å²) < 4.78 is 15.0. The lowest BCUT2D eigenvalue weighted by molar-refractivity contribution is -0.169. The van der Waals surface area contributed by atoms with Gasteiger partial charge in [0.25, 0.3) is 0 Å². The Labute approximate surface area is 167 Å². The average molecular weight is 395 g/mol. The third kappa shape index (κ3) is 8.52. The number of rotatable bonds is 4. The molecule has 2 N–H and O–H groups in total.